The van der Waals surface area contributed by atoms with Gasteiger partial charge in [-0.1, -0.05) is 41.6 Å². The summed E-state index contributed by atoms with van der Waals surface area (Å²) < 4.78 is 7.20. The van der Waals surface area contributed by atoms with Gasteiger partial charge in [0.25, 0.3) is 5.91 Å². The second-order valence-electron chi connectivity index (χ2n) is 7.80. The van der Waals surface area contributed by atoms with Crippen molar-refractivity contribution in [1.82, 2.24) is 24.9 Å². The number of aliphatic hydroxyl groups is 1. The Morgan fingerprint density at radius 2 is 2.00 bits per heavy atom. The number of hydrogen-bond acceptors (Lipinski definition) is 6. The van der Waals surface area contributed by atoms with Crippen molar-refractivity contribution in [2.75, 3.05) is 26.3 Å². The number of benzene rings is 2. The lowest BCUT2D eigenvalue weighted by Gasteiger charge is -2.32. The lowest BCUT2D eigenvalue weighted by molar-refractivity contribution is -0.0447. The molecule has 1 aliphatic rings. The normalized spacial score (nSPS) is 16.4. The highest BCUT2D eigenvalue weighted by molar-refractivity contribution is 5.95. The number of carbonyl (C=O) groups is 1. The fraction of sp³-hybridized carbons (Fsp3) is 0.250. The highest BCUT2D eigenvalue weighted by atomic mass is 16.5. The molecule has 2 aromatic carbocycles. The zero-order chi connectivity index (χ0) is 21.9. The van der Waals surface area contributed by atoms with Crippen LogP contribution in [0.15, 0.2) is 67.0 Å². The summed E-state index contributed by atoms with van der Waals surface area (Å²) in [6.07, 6.45) is 3.32. The number of rotatable bonds is 5. The molecule has 1 fully saturated rings. The number of fused-ring (bicyclic) bond motifs is 1. The molecule has 1 atom stereocenters. The van der Waals surface area contributed by atoms with Crippen LogP contribution >= 0.6 is 0 Å². The van der Waals surface area contributed by atoms with Crippen LogP contribution in [0, 0.1) is 0 Å². The van der Waals surface area contributed by atoms with Gasteiger partial charge >= 0.3 is 0 Å². The zero-order valence-corrected chi connectivity index (χ0v) is 17.5. The molecular weight excluding hydrogens is 406 g/mol. The van der Waals surface area contributed by atoms with Gasteiger partial charge in [0.15, 0.2) is 0 Å². The zero-order valence-electron chi connectivity index (χ0n) is 17.5. The van der Waals surface area contributed by atoms with Crippen LogP contribution in [-0.2, 0) is 11.3 Å². The molecule has 0 spiro atoms. The van der Waals surface area contributed by atoms with Crippen molar-refractivity contribution >= 4 is 16.8 Å². The number of aromatic nitrogens is 4. The Bertz CT molecular complexity index is 1260. The van der Waals surface area contributed by atoms with Crippen LogP contribution in [0.25, 0.3) is 22.2 Å². The molecule has 0 saturated carbocycles. The molecule has 1 N–H and O–H groups in total. The summed E-state index contributed by atoms with van der Waals surface area (Å²) in [5.41, 5.74) is 4.03. The molecule has 1 amide bonds. The van der Waals surface area contributed by atoms with Gasteiger partial charge in [-0.25, -0.2) is 4.68 Å². The quantitative estimate of drug-likeness (QED) is 0.524. The van der Waals surface area contributed by atoms with Crippen LogP contribution in [0.1, 0.15) is 15.9 Å². The van der Waals surface area contributed by atoms with Crippen LogP contribution in [-0.4, -0.2) is 68.3 Å². The molecule has 162 valence electrons. The molecule has 0 bridgehead atoms. The summed E-state index contributed by atoms with van der Waals surface area (Å²) in [5, 5.41) is 19.0. The van der Waals surface area contributed by atoms with Gasteiger partial charge in [-0.2, -0.15) is 0 Å². The van der Waals surface area contributed by atoms with Gasteiger partial charge < -0.3 is 14.7 Å². The van der Waals surface area contributed by atoms with E-state index in [1.165, 1.54) is 0 Å². The molecule has 1 saturated heterocycles. The molecule has 8 nitrogen and oxygen atoms in total. The summed E-state index contributed by atoms with van der Waals surface area (Å²) in [6, 6.07) is 17.5. The average molecular weight is 429 g/mol. The maximum atomic E-state index is 13.2. The lowest BCUT2D eigenvalue weighted by atomic mass is 10.1. The Hall–Kier alpha value is -3.62. The number of hydrogen-bond donors (Lipinski definition) is 1. The SMILES string of the molecule is O=C(c1ccccc1Cn1cc(-c2cnc3ccccc3c2)nn1)N1CCOC(CO)C1. The van der Waals surface area contributed by atoms with Gasteiger partial charge in [0, 0.05) is 35.8 Å². The second-order valence-corrected chi connectivity index (χ2v) is 7.80. The van der Waals surface area contributed by atoms with Crippen LogP contribution in [0.2, 0.25) is 0 Å². The number of carbonyl (C=O) groups excluding carboxylic acids is 1. The maximum Gasteiger partial charge on any atom is 0.254 e. The molecule has 0 radical (unpaired) electrons. The largest absolute Gasteiger partial charge is 0.394 e. The van der Waals surface area contributed by atoms with E-state index in [2.05, 4.69) is 15.3 Å². The van der Waals surface area contributed by atoms with Gasteiger partial charge in [-0.15, -0.1) is 5.10 Å². The van der Waals surface area contributed by atoms with Crippen molar-refractivity contribution in [2.24, 2.45) is 0 Å². The number of pyridine rings is 1. The van der Waals surface area contributed by atoms with Crippen molar-refractivity contribution in [3.8, 4) is 11.3 Å². The molecule has 5 rings (SSSR count). The van der Waals surface area contributed by atoms with E-state index in [0.29, 0.717) is 31.8 Å². The lowest BCUT2D eigenvalue weighted by Crippen LogP contribution is -2.47. The molecule has 3 heterocycles. The van der Waals surface area contributed by atoms with E-state index >= 15 is 0 Å². The Morgan fingerprint density at radius 3 is 2.91 bits per heavy atom. The fourth-order valence-electron chi connectivity index (χ4n) is 3.95. The first-order valence-electron chi connectivity index (χ1n) is 10.6. The van der Waals surface area contributed by atoms with Crippen LogP contribution in [0.3, 0.4) is 0 Å². The molecule has 32 heavy (non-hydrogen) atoms. The van der Waals surface area contributed by atoms with Gasteiger partial charge in [0.1, 0.15) is 5.69 Å². The average Bonchev–Trinajstić information content (AvgIpc) is 3.32. The minimum atomic E-state index is -0.340. The first-order valence-corrected chi connectivity index (χ1v) is 10.6. The first-order chi connectivity index (χ1) is 15.7. The molecule has 4 aromatic rings. The Morgan fingerprint density at radius 1 is 1.16 bits per heavy atom. The Labute approximate surface area is 185 Å². The summed E-state index contributed by atoms with van der Waals surface area (Å²) in [7, 11) is 0. The third-order valence-corrected chi connectivity index (χ3v) is 5.63. The monoisotopic (exact) mass is 429 g/mol. The van der Waals surface area contributed by atoms with Crippen LogP contribution in [0.4, 0.5) is 0 Å². The number of morpholine rings is 1. The predicted molar refractivity (Wildman–Crippen MR) is 119 cm³/mol. The smallest absolute Gasteiger partial charge is 0.254 e. The standard InChI is InChI=1S/C24H23N5O3/c30-16-20-14-28(9-10-32-20)24(31)21-7-3-1-6-18(21)13-29-15-23(26-27-29)19-11-17-5-2-4-8-22(17)25-12-19/h1-8,11-12,15,20,30H,9-10,13-14,16H2. The summed E-state index contributed by atoms with van der Waals surface area (Å²) in [5.74, 6) is -0.0681. The fourth-order valence-corrected chi connectivity index (χ4v) is 3.95. The van der Waals surface area contributed by atoms with Gasteiger partial charge in [-0.05, 0) is 23.8 Å². The van der Waals surface area contributed by atoms with Crippen molar-refractivity contribution in [3.05, 3.63) is 78.1 Å². The predicted octanol–water partition coefficient (Wildman–Crippen LogP) is 2.37. The maximum absolute atomic E-state index is 13.2. The highest BCUT2D eigenvalue weighted by Gasteiger charge is 2.26. The summed E-state index contributed by atoms with van der Waals surface area (Å²) in [6.45, 7) is 1.63. The van der Waals surface area contributed by atoms with Gasteiger partial charge in [-0.3, -0.25) is 9.78 Å². The van der Waals surface area contributed by atoms with Crippen molar-refractivity contribution in [3.63, 3.8) is 0 Å². The number of nitrogens with zero attached hydrogens (tertiary/aromatic N) is 5. The Balaban J connectivity index is 1.37. The van der Waals surface area contributed by atoms with Crippen molar-refractivity contribution in [2.45, 2.75) is 12.6 Å². The minimum absolute atomic E-state index is 0.0681. The number of aliphatic hydroxyl groups excluding tert-OH is 1. The van der Waals surface area contributed by atoms with Crippen molar-refractivity contribution < 1.29 is 14.6 Å². The summed E-state index contributed by atoms with van der Waals surface area (Å²) >= 11 is 0. The topological polar surface area (TPSA) is 93.4 Å². The molecule has 8 heteroatoms. The third-order valence-electron chi connectivity index (χ3n) is 5.63. The molecule has 1 aliphatic heterocycles. The molecule has 0 aliphatic carbocycles. The molecular formula is C24H23N5O3. The first kappa shape index (κ1) is 20.3. The van der Waals surface area contributed by atoms with Crippen molar-refractivity contribution in [1.29, 1.82) is 0 Å². The second kappa shape index (κ2) is 8.86. The highest BCUT2D eigenvalue weighted by Crippen LogP contribution is 2.21. The van der Waals surface area contributed by atoms with Gasteiger partial charge in [0.2, 0.25) is 0 Å². The van der Waals surface area contributed by atoms with E-state index in [-0.39, 0.29) is 18.6 Å². The molecule has 2 aromatic heterocycles. The van der Waals surface area contributed by atoms with E-state index in [1.807, 2.05) is 60.8 Å². The number of ether oxygens (including phenoxy) is 1. The van der Waals surface area contributed by atoms with Crippen LogP contribution < -0.4 is 0 Å². The number of amides is 1. The summed E-state index contributed by atoms with van der Waals surface area (Å²) in [4.78, 5) is 19.4. The minimum Gasteiger partial charge on any atom is -0.394 e. The van der Waals surface area contributed by atoms with Gasteiger partial charge in [0.05, 0.1) is 37.6 Å². The van der Waals surface area contributed by atoms with Crippen LogP contribution in [0.5, 0.6) is 0 Å². The van der Waals surface area contributed by atoms with E-state index in [9.17, 15) is 9.90 Å². The van der Waals surface area contributed by atoms with E-state index in [4.69, 9.17) is 4.74 Å². The Kier molecular flexibility index (Phi) is 5.62. The third kappa shape index (κ3) is 4.10. The van der Waals surface area contributed by atoms with E-state index in [0.717, 1.165) is 27.7 Å². The van der Waals surface area contributed by atoms with E-state index < -0.39 is 0 Å². The van der Waals surface area contributed by atoms with E-state index in [1.54, 1.807) is 15.8 Å². The number of para-hydroxylation sites is 1. The molecule has 1 unspecified atom stereocenters.